The number of benzene rings is 4. The number of halogens is 2. The van der Waals surface area contributed by atoms with E-state index in [4.69, 9.17) is 0 Å². The fourth-order valence-electron chi connectivity index (χ4n) is 4.09. The summed E-state index contributed by atoms with van der Waals surface area (Å²) in [5.74, 6) is 0. The van der Waals surface area contributed by atoms with Crippen LogP contribution in [-0.2, 0) is 29.8 Å². The molecule has 0 fully saturated rings. The number of hydrogen-bond acceptors (Lipinski definition) is 0. The molecule has 0 N–H and O–H groups in total. The first-order chi connectivity index (χ1) is 16.6. The second kappa shape index (κ2) is 15.2. The molecule has 180 valence electrons. The summed E-state index contributed by atoms with van der Waals surface area (Å²) >= 11 is 1.65. The topological polar surface area (TPSA) is 0 Å². The molecular weight excluding hydrogens is 575 g/mol. The molecule has 1 aliphatic carbocycles. The van der Waals surface area contributed by atoms with Gasteiger partial charge in [-0.05, 0) is 6.42 Å². The van der Waals surface area contributed by atoms with Gasteiger partial charge in [0.15, 0.2) is 0 Å². The van der Waals surface area contributed by atoms with Gasteiger partial charge in [0.05, 0.1) is 0 Å². The smallest absolute Gasteiger partial charge is 0.0253 e. The Morgan fingerprint density at radius 2 is 1.28 bits per heavy atom. The third-order valence-corrected chi connectivity index (χ3v) is 11.8. The van der Waals surface area contributed by atoms with Crippen molar-refractivity contribution in [1.82, 2.24) is 0 Å². The van der Waals surface area contributed by atoms with E-state index in [1.807, 2.05) is 36.4 Å². The van der Waals surface area contributed by atoms with Crippen LogP contribution in [0.15, 0.2) is 121 Å². The van der Waals surface area contributed by atoms with E-state index in [2.05, 4.69) is 105 Å². The minimum atomic E-state index is -0.499. The molecule has 0 amide bonds. The van der Waals surface area contributed by atoms with Gasteiger partial charge in [-0.3, -0.25) is 0 Å². The predicted octanol–water partition coefficient (Wildman–Crippen LogP) is 0.427. The maximum Gasteiger partial charge on any atom is -0.0253 e. The van der Waals surface area contributed by atoms with Gasteiger partial charge in [-0.25, -0.2) is 12.1 Å². The van der Waals surface area contributed by atoms with Gasteiger partial charge >= 0.3 is 113 Å². The average molecular weight is 603 g/mol. The second-order valence-electron chi connectivity index (χ2n) is 8.47. The molecule has 0 bridgehead atoms. The van der Waals surface area contributed by atoms with Crippen molar-refractivity contribution in [2.45, 2.75) is 20.3 Å². The Hall–Kier alpha value is -2.09. The van der Waals surface area contributed by atoms with Crippen LogP contribution in [0.4, 0.5) is 0 Å². The first-order valence-electron chi connectivity index (χ1n) is 11.6. The molecule has 0 unspecified atom stereocenters. The summed E-state index contributed by atoms with van der Waals surface area (Å²) in [4.78, 5) is 0. The molecule has 5 aromatic carbocycles. The van der Waals surface area contributed by atoms with Crippen molar-refractivity contribution in [2.24, 2.45) is 0 Å². The summed E-state index contributed by atoms with van der Waals surface area (Å²) in [5.41, 5.74) is 7.75. The molecule has 36 heavy (non-hydrogen) atoms. The number of rotatable bonds is 2. The Morgan fingerprint density at radius 3 is 1.83 bits per heavy atom. The quantitative estimate of drug-likeness (QED) is 0.199. The largest absolute Gasteiger partial charge is 1.00 e. The van der Waals surface area contributed by atoms with Crippen LogP contribution in [-0.4, -0.2) is 5.43 Å². The zero-order valence-corrected chi connectivity index (χ0v) is 25.5. The van der Waals surface area contributed by atoms with Gasteiger partial charge in [-0.15, -0.1) is 5.56 Å². The van der Waals surface area contributed by atoms with Crippen molar-refractivity contribution < 1.29 is 48.1 Å². The van der Waals surface area contributed by atoms with E-state index in [0.717, 1.165) is 6.42 Å². The summed E-state index contributed by atoms with van der Waals surface area (Å²) in [5, 5.41) is 3.07. The monoisotopic (exact) mass is 600 g/mol. The molecule has 0 heterocycles. The molecule has 0 aliphatic heterocycles. The normalized spacial score (nSPS) is 10.1. The molecule has 5 aromatic rings. The fraction of sp³-hybridized carbons (Fsp3) is 0.0938. The van der Waals surface area contributed by atoms with E-state index >= 15 is 0 Å². The molecule has 0 saturated carbocycles. The van der Waals surface area contributed by atoms with E-state index in [0.29, 0.717) is 0 Å². The summed E-state index contributed by atoms with van der Waals surface area (Å²) in [7, 11) is 0. The maximum atomic E-state index is 3.30. The fourth-order valence-corrected chi connectivity index (χ4v) is 7.98. The predicted molar refractivity (Wildman–Crippen MR) is 143 cm³/mol. The van der Waals surface area contributed by atoms with Crippen molar-refractivity contribution in [3.05, 3.63) is 150 Å². The molecular formula is C32H28Cl2SiZr-2. The molecule has 0 radical (unpaired) electrons. The van der Waals surface area contributed by atoms with E-state index < -0.39 is 5.43 Å². The first kappa shape index (κ1) is 30.1. The van der Waals surface area contributed by atoms with Crippen LogP contribution < -0.4 is 35.2 Å². The van der Waals surface area contributed by atoms with Crippen LogP contribution in [0, 0.1) is 19.9 Å². The Labute approximate surface area is 243 Å². The third kappa shape index (κ3) is 8.22. The van der Waals surface area contributed by atoms with Crippen LogP contribution in [0.2, 0.25) is 0 Å². The van der Waals surface area contributed by atoms with Crippen molar-refractivity contribution in [2.75, 3.05) is 0 Å². The molecule has 0 spiro atoms. The SMILES string of the molecule is Cc1cccc([Si](=[Zr+2])c2cccc(C)c2)c1.[Cl-].[Cl-].[c-]1cccc2c1Cc1ccccc1-2.c1cc[cH-]c1. The Bertz CT molecular complexity index is 1270. The van der Waals surface area contributed by atoms with Gasteiger partial charge < -0.3 is 24.8 Å². The first-order valence-corrected chi connectivity index (χ1v) is 16.8. The Balaban J connectivity index is 0.000000205. The number of aryl methyl sites for hydroxylation is 2. The Kier molecular flexibility index (Phi) is 12.7. The van der Waals surface area contributed by atoms with Gasteiger partial charge in [-0.2, -0.15) is 48.0 Å². The molecule has 0 saturated heterocycles. The summed E-state index contributed by atoms with van der Waals surface area (Å²) in [6.07, 6.45) is 1.05. The summed E-state index contributed by atoms with van der Waals surface area (Å²) in [6.45, 7) is 4.34. The zero-order chi connectivity index (χ0) is 23.8. The number of fused-ring (bicyclic) bond motifs is 3. The third-order valence-electron chi connectivity index (χ3n) is 5.79. The minimum absolute atomic E-state index is 0. The van der Waals surface area contributed by atoms with Gasteiger partial charge in [0, 0.05) is 0 Å². The zero-order valence-electron chi connectivity index (χ0n) is 20.5. The summed E-state index contributed by atoms with van der Waals surface area (Å²) < 4.78 is 0. The van der Waals surface area contributed by atoms with Crippen LogP contribution in [0.1, 0.15) is 22.3 Å². The van der Waals surface area contributed by atoms with Gasteiger partial charge in [0.2, 0.25) is 0 Å². The van der Waals surface area contributed by atoms with Crippen LogP contribution in [0.5, 0.6) is 0 Å². The molecule has 1 aliphatic rings. The molecule has 0 aromatic heterocycles. The van der Waals surface area contributed by atoms with Crippen molar-refractivity contribution in [1.29, 1.82) is 0 Å². The average Bonchev–Trinajstić information content (AvgIpc) is 3.56. The van der Waals surface area contributed by atoms with Gasteiger partial charge in [0.1, 0.15) is 0 Å². The van der Waals surface area contributed by atoms with Crippen LogP contribution in [0.3, 0.4) is 0 Å². The molecule has 0 nitrogen and oxygen atoms in total. The van der Waals surface area contributed by atoms with Crippen LogP contribution in [0.25, 0.3) is 11.1 Å². The van der Waals surface area contributed by atoms with E-state index in [-0.39, 0.29) is 24.8 Å². The van der Waals surface area contributed by atoms with Gasteiger partial charge in [0.25, 0.3) is 0 Å². The molecule has 0 atom stereocenters. The minimum Gasteiger partial charge on any atom is -1.00 e. The Morgan fingerprint density at radius 1 is 0.694 bits per heavy atom. The second-order valence-corrected chi connectivity index (χ2v) is 14.1. The molecule has 6 rings (SSSR count). The maximum absolute atomic E-state index is 3.30. The number of hydrogen-bond donors (Lipinski definition) is 0. The van der Waals surface area contributed by atoms with Crippen molar-refractivity contribution >= 4 is 15.8 Å². The van der Waals surface area contributed by atoms with E-state index in [9.17, 15) is 0 Å². The summed E-state index contributed by atoms with van der Waals surface area (Å²) in [6, 6.07) is 46.0. The van der Waals surface area contributed by atoms with Crippen molar-refractivity contribution in [3.63, 3.8) is 0 Å². The van der Waals surface area contributed by atoms with E-state index in [1.165, 1.54) is 43.8 Å². The van der Waals surface area contributed by atoms with Crippen molar-refractivity contribution in [3.8, 4) is 11.1 Å². The van der Waals surface area contributed by atoms with Gasteiger partial charge in [-0.1, -0.05) is 35.4 Å². The standard InChI is InChI=1S/C14H14Si.C13H9.C5H5.2ClH.Zr/c1-11-5-3-7-13(9-11)15-14-8-4-6-12(2)10-14;1-3-7-12-10(5-1)9-11-6-2-4-8-13(11)12;1-2-4-5-3-1;;;/h3-10H,1-2H3;1-5,7-8H,9H2;1-5H;2*1H;/q;2*-1;;;+2/p-2. The molecule has 4 heteroatoms. The van der Waals surface area contributed by atoms with Crippen LogP contribution >= 0.6 is 0 Å². The van der Waals surface area contributed by atoms with E-state index in [1.54, 1.807) is 23.3 Å².